The molecule has 1 aliphatic rings. The average molecular weight is 239 g/mol. The number of hydrogen-bond donors (Lipinski definition) is 2. The Balaban J connectivity index is 1.61. The van der Waals surface area contributed by atoms with Crippen molar-refractivity contribution in [3.05, 3.63) is 16.1 Å². The van der Waals surface area contributed by atoms with Crippen molar-refractivity contribution in [2.24, 2.45) is 5.92 Å². The highest BCUT2D eigenvalue weighted by Gasteiger charge is 2.21. The van der Waals surface area contributed by atoms with Gasteiger partial charge in [0, 0.05) is 36.6 Å². The van der Waals surface area contributed by atoms with Gasteiger partial charge in [0.2, 0.25) is 0 Å². The lowest BCUT2D eigenvalue weighted by molar-refractivity contribution is 0.450. The average Bonchev–Trinajstić information content (AvgIpc) is 2.83. The summed E-state index contributed by atoms with van der Waals surface area (Å²) in [5, 5.41) is 10.4. The molecule has 90 valence electrons. The van der Waals surface area contributed by atoms with Crippen molar-refractivity contribution in [2.75, 3.05) is 19.6 Å². The highest BCUT2D eigenvalue weighted by molar-refractivity contribution is 7.09. The van der Waals surface area contributed by atoms with Crippen molar-refractivity contribution < 1.29 is 0 Å². The minimum Gasteiger partial charge on any atom is -0.315 e. The fourth-order valence-electron chi connectivity index (χ4n) is 2.14. The topological polar surface area (TPSA) is 37.0 Å². The monoisotopic (exact) mass is 239 g/mol. The first kappa shape index (κ1) is 12.0. The molecule has 2 unspecified atom stereocenters. The van der Waals surface area contributed by atoms with Crippen LogP contribution in [0.2, 0.25) is 0 Å². The molecule has 1 fully saturated rings. The largest absolute Gasteiger partial charge is 0.315 e. The van der Waals surface area contributed by atoms with Crippen LogP contribution in [0.3, 0.4) is 0 Å². The molecule has 16 heavy (non-hydrogen) atoms. The normalized spacial score (nSPS) is 25.1. The van der Waals surface area contributed by atoms with Crippen LogP contribution in [0.15, 0.2) is 5.38 Å². The second-order valence-corrected chi connectivity index (χ2v) is 5.61. The van der Waals surface area contributed by atoms with Crippen molar-refractivity contribution in [2.45, 2.75) is 32.7 Å². The molecule has 1 aliphatic heterocycles. The Bertz CT molecular complexity index is 324. The molecular formula is C12H21N3S. The van der Waals surface area contributed by atoms with Gasteiger partial charge in [-0.05, 0) is 25.8 Å². The molecule has 4 heteroatoms. The van der Waals surface area contributed by atoms with Crippen LogP contribution in [0.1, 0.15) is 24.0 Å². The molecule has 0 bridgehead atoms. The Morgan fingerprint density at radius 3 is 3.12 bits per heavy atom. The first-order chi connectivity index (χ1) is 7.75. The summed E-state index contributed by atoms with van der Waals surface area (Å²) in [6.45, 7) is 7.69. The summed E-state index contributed by atoms with van der Waals surface area (Å²) in [5.41, 5.74) is 1.14. The van der Waals surface area contributed by atoms with Crippen molar-refractivity contribution in [3.63, 3.8) is 0 Å². The fourth-order valence-corrected chi connectivity index (χ4v) is 2.92. The molecule has 3 nitrogen and oxygen atoms in total. The number of hydrogen-bond acceptors (Lipinski definition) is 4. The summed E-state index contributed by atoms with van der Waals surface area (Å²) in [7, 11) is 0. The van der Waals surface area contributed by atoms with Crippen LogP contribution >= 0.6 is 11.3 Å². The molecule has 2 atom stereocenters. The number of thiazole rings is 1. The van der Waals surface area contributed by atoms with Crippen LogP contribution in [0, 0.1) is 12.8 Å². The van der Waals surface area contributed by atoms with Crippen LogP contribution in [0.4, 0.5) is 0 Å². The summed E-state index contributed by atoms with van der Waals surface area (Å²) >= 11 is 1.77. The Labute approximate surface area is 102 Å². The lowest BCUT2D eigenvalue weighted by Crippen LogP contribution is -2.37. The van der Waals surface area contributed by atoms with Gasteiger partial charge in [-0.2, -0.15) is 0 Å². The molecule has 1 saturated heterocycles. The summed E-state index contributed by atoms with van der Waals surface area (Å²) in [6, 6.07) is 0.665. The first-order valence-electron chi connectivity index (χ1n) is 6.11. The van der Waals surface area contributed by atoms with E-state index in [1.54, 1.807) is 11.3 Å². The third-order valence-electron chi connectivity index (χ3n) is 3.24. The highest BCUT2D eigenvalue weighted by Crippen LogP contribution is 2.13. The highest BCUT2D eigenvalue weighted by atomic mass is 32.1. The summed E-state index contributed by atoms with van der Waals surface area (Å²) in [6.07, 6.45) is 2.37. The maximum Gasteiger partial charge on any atom is 0.0940 e. The predicted molar refractivity (Wildman–Crippen MR) is 69.0 cm³/mol. The zero-order valence-electron chi connectivity index (χ0n) is 10.1. The Morgan fingerprint density at radius 2 is 2.50 bits per heavy atom. The zero-order chi connectivity index (χ0) is 11.4. The molecule has 1 aromatic rings. The summed E-state index contributed by atoms with van der Waals surface area (Å²) < 4.78 is 0. The third-order valence-corrected chi connectivity index (χ3v) is 4.27. The van der Waals surface area contributed by atoms with E-state index in [0.717, 1.165) is 31.1 Å². The maximum absolute atomic E-state index is 4.46. The van der Waals surface area contributed by atoms with Crippen molar-refractivity contribution in [1.29, 1.82) is 0 Å². The van der Waals surface area contributed by atoms with Crippen molar-refractivity contribution in [3.8, 4) is 0 Å². The molecule has 0 radical (unpaired) electrons. The smallest absolute Gasteiger partial charge is 0.0940 e. The van der Waals surface area contributed by atoms with Gasteiger partial charge in [0.15, 0.2) is 0 Å². The van der Waals surface area contributed by atoms with Crippen LogP contribution in [0.5, 0.6) is 0 Å². The van der Waals surface area contributed by atoms with E-state index >= 15 is 0 Å². The lowest BCUT2D eigenvalue weighted by Gasteiger charge is -2.15. The van der Waals surface area contributed by atoms with E-state index in [2.05, 4.69) is 34.8 Å². The van der Waals surface area contributed by atoms with E-state index in [1.165, 1.54) is 18.0 Å². The van der Waals surface area contributed by atoms with Gasteiger partial charge in [0.25, 0.3) is 0 Å². The number of aryl methyl sites for hydroxylation is 1. The van der Waals surface area contributed by atoms with E-state index in [0.29, 0.717) is 6.04 Å². The fraction of sp³-hybridized carbons (Fsp3) is 0.750. The van der Waals surface area contributed by atoms with Crippen LogP contribution in [-0.4, -0.2) is 30.7 Å². The van der Waals surface area contributed by atoms with Crippen molar-refractivity contribution >= 4 is 11.3 Å². The number of rotatable bonds is 5. The van der Waals surface area contributed by atoms with E-state index in [9.17, 15) is 0 Å². The van der Waals surface area contributed by atoms with E-state index < -0.39 is 0 Å². The second kappa shape index (κ2) is 5.75. The predicted octanol–water partition coefficient (Wildman–Crippen LogP) is 1.58. The molecule has 2 rings (SSSR count). The van der Waals surface area contributed by atoms with Gasteiger partial charge < -0.3 is 10.6 Å². The number of nitrogens with one attached hydrogen (secondary N) is 2. The molecule has 0 saturated carbocycles. The van der Waals surface area contributed by atoms with Gasteiger partial charge in [-0.25, -0.2) is 4.98 Å². The Morgan fingerprint density at radius 1 is 1.62 bits per heavy atom. The molecule has 2 N–H and O–H groups in total. The Kier molecular flexibility index (Phi) is 4.32. The zero-order valence-corrected chi connectivity index (χ0v) is 10.9. The summed E-state index contributed by atoms with van der Waals surface area (Å²) in [5.74, 6) is 0.814. The lowest BCUT2D eigenvalue weighted by atomic mass is 10.0. The van der Waals surface area contributed by atoms with Gasteiger partial charge in [-0.15, -0.1) is 11.3 Å². The molecule has 0 aliphatic carbocycles. The standard InChI is InChI=1S/C12H21N3S/c1-9-3-6-14-11(9)7-13-5-4-12-15-10(2)8-16-12/h8-9,11,13-14H,3-7H2,1-2H3. The minimum atomic E-state index is 0.665. The van der Waals surface area contributed by atoms with Gasteiger partial charge in [0.1, 0.15) is 0 Å². The molecular weight excluding hydrogens is 218 g/mol. The van der Waals surface area contributed by atoms with E-state index in [1.807, 2.05) is 0 Å². The van der Waals surface area contributed by atoms with E-state index in [-0.39, 0.29) is 0 Å². The molecule has 0 aromatic carbocycles. The Hall–Kier alpha value is -0.450. The van der Waals surface area contributed by atoms with Gasteiger partial charge in [-0.3, -0.25) is 0 Å². The third kappa shape index (κ3) is 3.27. The maximum atomic E-state index is 4.46. The second-order valence-electron chi connectivity index (χ2n) is 4.66. The SMILES string of the molecule is Cc1csc(CCNCC2NCCC2C)n1. The molecule has 2 heterocycles. The quantitative estimate of drug-likeness (QED) is 0.766. The van der Waals surface area contributed by atoms with E-state index in [4.69, 9.17) is 0 Å². The minimum absolute atomic E-state index is 0.665. The van der Waals surface area contributed by atoms with Gasteiger partial charge >= 0.3 is 0 Å². The van der Waals surface area contributed by atoms with Crippen LogP contribution < -0.4 is 10.6 Å². The molecule has 0 amide bonds. The first-order valence-corrected chi connectivity index (χ1v) is 6.99. The number of nitrogens with zero attached hydrogens (tertiary/aromatic N) is 1. The van der Waals surface area contributed by atoms with Gasteiger partial charge in [-0.1, -0.05) is 6.92 Å². The van der Waals surface area contributed by atoms with Crippen molar-refractivity contribution in [1.82, 2.24) is 15.6 Å². The molecule has 0 spiro atoms. The van der Waals surface area contributed by atoms with Crippen LogP contribution in [0.25, 0.3) is 0 Å². The summed E-state index contributed by atoms with van der Waals surface area (Å²) in [4.78, 5) is 4.46. The van der Waals surface area contributed by atoms with Gasteiger partial charge in [0.05, 0.1) is 5.01 Å². The number of aromatic nitrogens is 1. The van der Waals surface area contributed by atoms with Crippen LogP contribution in [-0.2, 0) is 6.42 Å². The molecule has 1 aromatic heterocycles.